The number of non-ortho nitro benzene ring substituents is 1. The number of nitrogens with zero attached hydrogens (tertiary/aromatic N) is 3. The summed E-state index contributed by atoms with van der Waals surface area (Å²) in [5.74, 6) is -0.975. The third-order valence-electron chi connectivity index (χ3n) is 4.55. The molecular weight excluding hydrogens is 342 g/mol. The molecule has 0 bridgehead atoms. The van der Waals surface area contributed by atoms with Gasteiger partial charge in [0.2, 0.25) is 0 Å². The van der Waals surface area contributed by atoms with Gasteiger partial charge in [0.1, 0.15) is 0 Å². The molecule has 9 nitrogen and oxygen atoms in total. The van der Waals surface area contributed by atoms with Gasteiger partial charge >= 0.3 is 5.97 Å². The number of benzene rings is 1. The highest BCUT2D eigenvalue weighted by Gasteiger charge is 2.25. The number of morpholine rings is 1. The molecule has 9 heteroatoms. The van der Waals surface area contributed by atoms with Crippen molar-refractivity contribution in [3.05, 3.63) is 33.9 Å². The first-order valence-electron chi connectivity index (χ1n) is 8.62. The van der Waals surface area contributed by atoms with E-state index in [0.29, 0.717) is 45.1 Å². The molecule has 2 saturated heterocycles. The quantitative estimate of drug-likeness (QED) is 0.440. The van der Waals surface area contributed by atoms with Gasteiger partial charge in [0.15, 0.2) is 6.61 Å². The smallest absolute Gasteiger partial charge is 0.341 e. The van der Waals surface area contributed by atoms with Gasteiger partial charge in [-0.25, -0.2) is 4.79 Å². The van der Waals surface area contributed by atoms with Crippen LogP contribution in [0.2, 0.25) is 0 Å². The highest BCUT2D eigenvalue weighted by molar-refractivity contribution is 5.97. The minimum atomic E-state index is -0.734. The second-order valence-corrected chi connectivity index (χ2v) is 6.22. The Labute approximate surface area is 150 Å². The highest BCUT2D eigenvalue weighted by Crippen LogP contribution is 2.27. The number of hydrogen-bond acceptors (Lipinski definition) is 7. The maximum Gasteiger partial charge on any atom is 0.341 e. The second kappa shape index (κ2) is 8.13. The predicted octanol–water partition coefficient (Wildman–Crippen LogP) is 1.21. The Kier molecular flexibility index (Phi) is 5.67. The summed E-state index contributed by atoms with van der Waals surface area (Å²) in [6.45, 7) is 3.16. The molecule has 2 heterocycles. The lowest BCUT2D eigenvalue weighted by molar-refractivity contribution is -0.384. The van der Waals surface area contributed by atoms with Crippen LogP contribution < -0.4 is 4.90 Å². The van der Waals surface area contributed by atoms with E-state index in [4.69, 9.17) is 9.47 Å². The molecule has 2 aliphatic rings. The molecule has 0 spiro atoms. The molecule has 0 aromatic heterocycles. The molecule has 2 aliphatic heterocycles. The van der Waals surface area contributed by atoms with Gasteiger partial charge in [0.05, 0.1) is 29.4 Å². The van der Waals surface area contributed by atoms with Gasteiger partial charge in [-0.2, -0.15) is 0 Å². The third kappa shape index (κ3) is 4.10. The van der Waals surface area contributed by atoms with Crippen LogP contribution in [0.5, 0.6) is 0 Å². The number of anilines is 1. The van der Waals surface area contributed by atoms with Crippen LogP contribution in [0.25, 0.3) is 0 Å². The number of nitro groups is 1. The van der Waals surface area contributed by atoms with Crippen LogP contribution >= 0.6 is 0 Å². The van der Waals surface area contributed by atoms with E-state index in [-0.39, 0.29) is 23.8 Å². The Bertz CT molecular complexity index is 696. The van der Waals surface area contributed by atoms with Crippen molar-refractivity contribution in [2.24, 2.45) is 0 Å². The summed E-state index contributed by atoms with van der Waals surface area (Å²) in [6, 6.07) is 4.10. The fourth-order valence-corrected chi connectivity index (χ4v) is 3.14. The molecule has 1 aromatic carbocycles. The maximum atomic E-state index is 12.5. The molecule has 1 amide bonds. The third-order valence-corrected chi connectivity index (χ3v) is 4.55. The summed E-state index contributed by atoms with van der Waals surface area (Å²) in [5.41, 5.74) is 0.452. The van der Waals surface area contributed by atoms with E-state index in [9.17, 15) is 19.7 Å². The van der Waals surface area contributed by atoms with E-state index in [0.717, 1.165) is 12.8 Å². The first kappa shape index (κ1) is 18.1. The second-order valence-electron chi connectivity index (χ2n) is 6.22. The molecule has 1 aromatic rings. The number of carbonyl (C=O) groups is 2. The van der Waals surface area contributed by atoms with Gasteiger partial charge in [0, 0.05) is 38.3 Å². The van der Waals surface area contributed by atoms with Crippen molar-refractivity contribution >= 4 is 23.3 Å². The molecule has 0 radical (unpaired) electrons. The molecule has 140 valence electrons. The Morgan fingerprint density at radius 2 is 1.85 bits per heavy atom. The van der Waals surface area contributed by atoms with E-state index in [2.05, 4.69) is 0 Å². The Hall–Kier alpha value is -2.68. The van der Waals surface area contributed by atoms with Crippen LogP contribution in [0, 0.1) is 10.1 Å². The summed E-state index contributed by atoms with van der Waals surface area (Å²) < 4.78 is 10.5. The molecule has 0 aliphatic carbocycles. The van der Waals surface area contributed by atoms with E-state index in [1.165, 1.54) is 12.1 Å². The van der Waals surface area contributed by atoms with Crippen molar-refractivity contribution in [3.63, 3.8) is 0 Å². The lowest BCUT2D eigenvalue weighted by Gasteiger charge is -2.30. The number of amides is 1. The number of nitro benzene ring substituents is 1. The average molecular weight is 363 g/mol. The van der Waals surface area contributed by atoms with Gasteiger partial charge < -0.3 is 19.3 Å². The monoisotopic (exact) mass is 363 g/mol. The topological polar surface area (TPSA) is 102 Å². The molecule has 0 N–H and O–H groups in total. The van der Waals surface area contributed by atoms with E-state index in [1.54, 1.807) is 11.0 Å². The van der Waals surface area contributed by atoms with E-state index in [1.807, 2.05) is 4.90 Å². The summed E-state index contributed by atoms with van der Waals surface area (Å²) in [5, 5.41) is 11.1. The van der Waals surface area contributed by atoms with E-state index < -0.39 is 10.9 Å². The minimum Gasteiger partial charge on any atom is -0.452 e. The van der Waals surface area contributed by atoms with Crippen molar-refractivity contribution in [1.82, 2.24) is 4.90 Å². The highest BCUT2D eigenvalue weighted by atomic mass is 16.6. The van der Waals surface area contributed by atoms with Crippen LogP contribution in [0.15, 0.2) is 18.2 Å². The minimum absolute atomic E-state index is 0.0929. The predicted molar refractivity (Wildman–Crippen MR) is 92.2 cm³/mol. The van der Waals surface area contributed by atoms with Crippen molar-refractivity contribution < 1.29 is 24.0 Å². The van der Waals surface area contributed by atoms with Crippen molar-refractivity contribution in [3.8, 4) is 0 Å². The molecule has 0 atom stereocenters. The zero-order valence-electron chi connectivity index (χ0n) is 14.4. The largest absolute Gasteiger partial charge is 0.452 e. The van der Waals surface area contributed by atoms with Crippen LogP contribution in [0.3, 0.4) is 0 Å². The van der Waals surface area contributed by atoms with Gasteiger partial charge in [-0.1, -0.05) is 0 Å². The van der Waals surface area contributed by atoms with Gasteiger partial charge in [-0.15, -0.1) is 0 Å². The first-order valence-corrected chi connectivity index (χ1v) is 8.62. The number of esters is 1. The first-order chi connectivity index (χ1) is 12.6. The molecule has 0 unspecified atom stereocenters. The number of ether oxygens (including phenoxy) is 2. The lowest BCUT2D eigenvalue weighted by atomic mass is 10.1. The van der Waals surface area contributed by atoms with Gasteiger partial charge in [-0.05, 0) is 18.9 Å². The molecular formula is C17H21N3O6. The molecule has 0 saturated carbocycles. The molecule has 26 heavy (non-hydrogen) atoms. The van der Waals surface area contributed by atoms with Crippen molar-refractivity contribution in [2.45, 2.75) is 12.8 Å². The molecule has 2 fully saturated rings. The summed E-state index contributed by atoms with van der Waals surface area (Å²) in [4.78, 5) is 38.7. The zero-order valence-corrected chi connectivity index (χ0v) is 14.4. The maximum absolute atomic E-state index is 12.5. The van der Waals surface area contributed by atoms with Crippen molar-refractivity contribution in [2.75, 3.05) is 50.9 Å². The van der Waals surface area contributed by atoms with Gasteiger partial charge in [0.25, 0.3) is 11.6 Å². The zero-order chi connectivity index (χ0) is 18.5. The lowest BCUT2D eigenvalue weighted by Crippen LogP contribution is -2.37. The Morgan fingerprint density at radius 3 is 2.50 bits per heavy atom. The Balaban J connectivity index is 1.76. The number of rotatable bonds is 5. The fraction of sp³-hybridized carbons (Fsp3) is 0.529. The SMILES string of the molecule is O=C(OCC(=O)N1CCCC1)c1cc([N+](=O)[O-])ccc1N1CCOCC1. The summed E-state index contributed by atoms with van der Waals surface area (Å²) in [7, 11) is 0. The van der Waals surface area contributed by atoms with Crippen LogP contribution in [0.1, 0.15) is 23.2 Å². The number of carbonyl (C=O) groups excluding carboxylic acids is 2. The Morgan fingerprint density at radius 1 is 1.15 bits per heavy atom. The van der Waals surface area contributed by atoms with Crippen LogP contribution in [-0.4, -0.2) is 67.7 Å². The normalized spacial score (nSPS) is 17.2. The number of likely N-dealkylation sites (tertiary alicyclic amines) is 1. The van der Waals surface area contributed by atoms with Crippen LogP contribution in [0.4, 0.5) is 11.4 Å². The van der Waals surface area contributed by atoms with E-state index >= 15 is 0 Å². The molecule has 3 rings (SSSR count). The van der Waals surface area contributed by atoms with Crippen LogP contribution in [-0.2, 0) is 14.3 Å². The van der Waals surface area contributed by atoms with Gasteiger partial charge in [-0.3, -0.25) is 14.9 Å². The fourth-order valence-electron chi connectivity index (χ4n) is 3.14. The number of hydrogen-bond donors (Lipinski definition) is 0. The standard InChI is InChI=1S/C17H21N3O6/c21-16(19-5-1-2-6-19)12-26-17(22)14-11-13(20(23)24)3-4-15(14)18-7-9-25-10-8-18/h3-4,11H,1-2,5-10,12H2. The average Bonchev–Trinajstić information content (AvgIpc) is 3.21. The van der Waals surface area contributed by atoms with Crippen molar-refractivity contribution in [1.29, 1.82) is 0 Å². The summed E-state index contributed by atoms with van der Waals surface area (Å²) >= 11 is 0. The summed E-state index contributed by atoms with van der Waals surface area (Å²) in [6.07, 6.45) is 1.90.